The second kappa shape index (κ2) is 3.66. The highest BCUT2D eigenvalue weighted by molar-refractivity contribution is 8.01. The molecule has 0 radical (unpaired) electrons. The molecular formula is C10H8NOS-. The first-order chi connectivity index (χ1) is 6.34. The summed E-state index contributed by atoms with van der Waals surface area (Å²) in [6, 6.07) is 9.99. The Bertz CT molecular complexity index is 381. The first kappa shape index (κ1) is 8.38. The van der Waals surface area contributed by atoms with Crippen LogP contribution in [0.25, 0.3) is 0 Å². The standard InChI is InChI=1S/C10H8NOS/c12-13-7-10(11-8-13)6-9-4-2-1-3-5-9/h1-5,7H,6H2/q-1. The van der Waals surface area contributed by atoms with Crippen molar-refractivity contribution < 1.29 is 4.21 Å². The molecule has 1 atom stereocenters. The first-order valence-electron chi connectivity index (χ1n) is 3.96. The molecule has 1 aliphatic heterocycles. The van der Waals surface area contributed by atoms with Gasteiger partial charge in [0.25, 0.3) is 0 Å². The number of aliphatic imine (C=N–C) groups is 1. The Balaban J connectivity index is 2.12. The fourth-order valence-corrected chi connectivity index (χ4v) is 1.81. The number of rotatable bonds is 2. The number of nitrogens with zero attached hydrogens (tertiary/aromatic N) is 1. The largest absolute Gasteiger partial charge is 0.445 e. The minimum atomic E-state index is -1.11. The molecule has 0 N–H and O–H groups in total. The van der Waals surface area contributed by atoms with Gasteiger partial charge in [-0.2, -0.15) is 0 Å². The van der Waals surface area contributed by atoms with Gasteiger partial charge in [0.05, 0.1) is 0 Å². The molecular weight excluding hydrogens is 182 g/mol. The molecule has 1 aliphatic rings. The lowest BCUT2D eigenvalue weighted by Gasteiger charge is -2.04. The van der Waals surface area contributed by atoms with Crippen LogP contribution in [0.5, 0.6) is 0 Å². The van der Waals surface area contributed by atoms with Crippen molar-refractivity contribution in [2.75, 3.05) is 0 Å². The van der Waals surface area contributed by atoms with E-state index >= 15 is 0 Å². The van der Waals surface area contributed by atoms with Crippen molar-refractivity contribution >= 4 is 16.3 Å². The van der Waals surface area contributed by atoms with Crippen molar-refractivity contribution in [2.24, 2.45) is 4.99 Å². The molecule has 0 aromatic heterocycles. The Morgan fingerprint density at radius 1 is 1.31 bits per heavy atom. The maximum absolute atomic E-state index is 10.9. The summed E-state index contributed by atoms with van der Waals surface area (Å²) in [7, 11) is -1.11. The molecule has 0 fully saturated rings. The van der Waals surface area contributed by atoms with E-state index in [9.17, 15) is 4.21 Å². The highest BCUT2D eigenvalue weighted by Crippen LogP contribution is 2.12. The van der Waals surface area contributed by atoms with Crippen LogP contribution in [0.1, 0.15) is 5.56 Å². The van der Waals surface area contributed by atoms with E-state index in [1.54, 1.807) is 5.41 Å². The van der Waals surface area contributed by atoms with Crippen LogP contribution >= 0.6 is 0 Å². The predicted octanol–water partition coefficient (Wildman–Crippen LogP) is 1.74. The van der Waals surface area contributed by atoms with Crippen molar-refractivity contribution in [2.45, 2.75) is 6.42 Å². The average Bonchev–Trinajstić information content (AvgIpc) is 2.53. The predicted molar refractivity (Wildman–Crippen MR) is 53.8 cm³/mol. The summed E-state index contributed by atoms with van der Waals surface area (Å²) in [5, 5.41) is 1.63. The summed E-state index contributed by atoms with van der Waals surface area (Å²) in [6.45, 7) is 0. The van der Waals surface area contributed by atoms with Gasteiger partial charge >= 0.3 is 0 Å². The zero-order chi connectivity index (χ0) is 9.10. The topological polar surface area (TPSA) is 29.4 Å². The number of hydrogen-bond acceptors (Lipinski definition) is 2. The Morgan fingerprint density at radius 3 is 2.69 bits per heavy atom. The van der Waals surface area contributed by atoms with Gasteiger partial charge in [-0.1, -0.05) is 53.3 Å². The van der Waals surface area contributed by atoms with Gasteiger partial charge < -0.3 is 4.99 Å². The number of hydrogen-bond donors (Lipinski definition) is 0. The molecule has 13 heavy (non-hydrogen) atoms. The average molecular weight is 190 g/mol. The molecule has 0 amide bonds. The number of benzene rings is 1. The number of allylic oxidation sites excluding steroid dienone is 1. The van der Waals surface area contributed by atoms with Crippen LogP contribution in [0.15, 0.2) is 46.4 Å². The molecule has 1 heterocycles. The monoisotopic (exact) mass is 190 g/mol. The van der Waals surface area contributed by atoms with Gasteiger partial charge in [-0.05, 0) is 10.8 Å². The van der Waals surface area contributed by atoms with E-state index < -0.39 is 10.8 Å². The maximum atomic E-state index is 10.9. The van der Waals surface area contributed by atoms with Gasteiger partial charge in [0.1, 0.15) is 0 Å². The molecule has 0 bridgehead atoms. The fourth-order valence-electron chi connectivity index (χ4n) is 1.17. The normalized spacial score (nSPS) is 20.3. The van der Waals surface area contributed by atoms with E-state index in [1.807, 2.05) is 30.3 Å². The van der Waals surface area contributed by atoms with Crippen LogP contribution in [-0.4, -0.2) is 9.76 Å². The summed E-state index contributed by atoms with van der Waals surface area (Å²) in [5.41, 5.74) is 4.51. The van der Waals surface area contributed by atoms with Gasteiger partial charge in [-0.25, -0.2) is 0 Å². The second-order valence-electron chi connectivity index (χ2n) is 2.77. The van der Waals surface area contributed by atoms with E-state index in [0.717, 1.165) is 12.1 Å². The third-order valence-corrected chi connectivity index (χ3v) is 2.51. The van der Waals surface area contributed by atoms with Crippen molar-refractivity contribution in [1.82, 2.24) is 0 Å². The van der Waals surface area contributed by atoms with Crippen LogP contribution in [0.2, 0.25) is 0 Å². The lowest BCUT2D eigenvalue weighted by molar-refractivity contribution is 0.695. The molecule has 0 aliphatic carbocycles. The molecule has 3 heteroatoms. The molecule has 2 nitrogen and oxygen atoms in total. The van der Waals surface area contributed by atoms with Crippen molar-refractivity contribution in [3.05, 3.63) is 47.0 Å². The van der Waals surface area contributed by atoms with E-state index in [0.29, 0.717) is 0 Å². The SMILES string of the molecule is O=S1[C-]=NC(Cc2ccccc2)=C1. The Labute approximate surface area is 79.5 Å². The summed E-state index contributed by atoms with van der Waals surface area (Å²) in [6.07, 6.45) is 0.736. The van der Waals surface area contributed by atoms with Gasteiger partial charge in [0.15, 0.2) is 0 Å². The molecule has 0 saturated heterocycles. The van der Waals surface area contributed by atoms with Gasteiger partial charge in [0.2, 0.25) is 0 Å². The van der Waals surface area contributed by atoms with Gasteiger partial charge in [-0.3, -0.25) is 4.21 Å². The third kappa shape index (κ3) is 2.12. The smallest absolute Gasteiger partial charge is 0.0199 e. The Hall–Kier alpha value is -1.22. The maximum Gasteiger partial charge on any atom is -0.0199 e. The van der Waals surface area contributed by atoms with Gasteiger partial charge in [0, 0.05) is 0 Å². The van der Waals surface area contributed by atoms with Crippen LogP contribution in [0.4, 0.5) is 0 Å². The quantitative estimate of drug-likeness (QED) is 0.653. The highest BCUT2D eigenvalue weighted by Gasteiger charge is 1.94. The Kier molecular flexibility index (Phi) is 2.36. The molecule has 1 aromatic rings. The zero-order valence-electron chi connectivity index (χ0n) is 6.93. The fraction of sp³-hybridized carbons (Fsp3) is 0.100. The lowest BCUT2D eigenvalue weighted by Crippen LogP contribution is -1.84. The molecule has 66 valence electrons. The third-order valence-electron chi connectivity index (χ3n) is 1.75. The van der Waals surface area contributed by atoms with Crippen LogP contribution < -0.4 is 0 Å². The van der Waals surface area contributed by atoms with Crippen molar-refractivity contribution in [1.29, 1.82) is 0 Å². The van der Waals surface area contributed by atoms with Crippen LogP contribution in [0, 0.1) is 0 Å². The van der Waals surface area contributed by atoms with E-state index in [1.165, 1.54) is 5.56 Å². The summed E-state index contributed by atoms with van der Waals surface area (Å²) >= 11 is 0. The molecule has 0 spiro atoms. The van der Waals surface area contributed by atoms with Crippen LogP contribution in [-0.2, 0) is 17.2 Å². The van der Waals surface area contributed by atoms with E-state index in [-0.39, 0.29) is 0 Å². The zero-order valence-corrected chi connectivity index (χ0v) is 7.75. The van der Waals surface area contributed by atoms with Crippen molar-refractivity contribution in [3.63, 3.8) is 0 Å². The molecule has 0 saturated carbocycles. The van der Waals surface area contributed by atoms with E-state index in [4.69, 9.17) is 0 Å². The highest BCUT2D eigenvalue weighted by atomic mass is 32.2. The Morgan fingerprint density at radius 2 is 2.08 bits per heavy atom. The minimum Gasteiger partial charge on any atom is -0.445 e. The summed E-state index contributed by atoms with van der Waals surface area (Å²) < 4.78 is 10.9. The molecule has 1 aromatic carbocycles. The van der Waals surface area contributed by atoms with Gasteiger partial charge in [-0.15, -0.1) is 5.70 Å². The molecule has 2 rings (SSSR count). The molecule has 1 unspecified atom stereocenters. The lowest BCUT2D eigenvalue weighted by atomic mass is 10.1. The summed E-state index contributed by atoms with van der Waals surface area (Å²) in [5.74, 6) is 0. The first-order valence-corrected chi connectivity index (χ1v) is 5.17. The van der Waals surface area contributed by atoms with Crippen LogP contribution in [0.3, 0.4) is 0 Å². The van der Waals surface area contributed by atoms with E-state index in [2.05, 4.69) is 10.5 Å². The van der Waals surface area contributed by atoms with Crippen molar-refractivity contribution in [3.8, 4) is 0 Å². The second-order valence-corrected chi connectivity index (χ2v) is 3.79. The minimum absolute atomic E-state index is 0.736. The summed E-state index contributed by atoms with van der Waals surface area (Å²) in [4.78, 5) is 3.92.